The van der Waals surface area contributed by atoms with Crippen LogP contribution in [0.1, 0.15) is 11.1 Å². The summed E-state index contributed by atoms with van der Waals surface area (Å²) >= 11 is 3.00. The van der Waals surface area contributed by atoms with Gasteiger partial charge in [-0.15, -0.1) is 0 Å². The molecular weight excluding hydrogens is 361 g/mol. The number of aliphatic hydroxyl groups excluding tert-OH is 1. The Labute approximate surface area is 130 Å². The standard InChI is InChI=1S/C14H13BrFNO3S/c15-13-5-4-12(7-14(13)16)17-21(19,20)9-11-3-1-2-10(6-11)8-18/h1-7,17-18H,8-9H2. The Balaban J connectivity index is 2.16. The third-order valence-corrected chi connectivity index (χ3v) is 4.63. The van der Waals surface area contributed by atoms with Crippen molar-refractivity contribution in [3.8, 4) is 0 Å². The van der Waals surface area contributed by atoms with E-state index in [1.165, 1.54) is 12.1 Å². The Kier molecular flexibility index (Phi) is 4.97. The van der Waals surface area contributed by atoms with Crippen molar-refractivity contribution in [3.05, 3.63) is 63.9 Å². The maximum absolute atomic E-state index is 13.4. The smallest absolute Gasteiger partial charge is 0.236 e. The minimum Gasteiger partial charge on any atom is -0.392 e. The summed E-state index contributed by atoms with van der Waals surface area (Å²) < 4.78 is 40.1. The minimum absolute atomic E-state index is 0.154. The molecule has 0 bridgehead atoms. The highest BCUT2D eigenvalue weighted by atomic mass is 79.9. The van der Waals surface area contributed by atoms with E-state index in [2.05, 4.69) is 20.7 Å². The molecule has 0 aliphatic heterocycles. The lowest BCUT2D eigenvalue weighted by molar-refractivity contribution is 0.282. The molecule has 21 heavy (non-hydrogen) atoms. The zero-order valence-corrected chi connectivity index (χ0v) is 13.3. The van der Waals surface area contributed by atoms with Crippen LogP contribution in [0.3, 0.4) is 0 Å². The van der Waals surface area contributed by atoms with Gasteiger partial charge in [-0.1, -0.05) is 24.3 Å². The monoisotopic (exact) mass is 373 g/mol. The topological polar surface area (TPSA) is 66.4 Å². The number of hydrogen-bond donors (Lipinski definition) is 2. The van der Waals surface area contributed by atoms with Crippen LogP contribution in [0.4, 0.5) is 10.1 Å². The predicted molar refractivity (Wildman–Crippen MR) is 82.7 cm³/mol. The van der Waals surface area contributed by atoms with Crippen LogP contribution in [0.25, 0.3) is 0 Å². The van der Waals surface area contributed by atoms with E-state index in [9.17, 15) is 12.8 Å². The van der Waals surface area contributed by atoms with E-state index in [1.807, 2.05) is 0 Å². The number of benzene rings is 2. The third-order valence-electron chi connectivity index (χ3n) is 2.72. The summed E-state index contributed by atoms with van der Waals surface area (Å²) in [5, 5.41) is 9.04. The second-order valence-electron chi connectivity index (χ2n) is 4.47. The maximum atomic E-state index is 13.4. The van der Waals surface area contributed by atoms with Crippen molar-refractivity contribution in [3.63, 3.8) is 0 Å². The largest absolute Gasteiger partial charge is 0.392 e. The lowest BCUT2D eigenvalue weighted by Gasteiger charge is -2.09. The average Bonchev–Trinajstić information content (AvgIpc) is 2.42. The molecule has 112 valence electrons. The molecule has 0 radical (unpaired) electrons. The van der Waals surface area contributed by atoms with Crippen LogP contribution in [0.2, 0.25) is 0 Å². The molecule has 0 aliphatic carbocycles. The number of sulfonamides is 1. The van der Waals surface area contributed by atoms with E-state index in [0.717, 1.165) is 6.07 Å². The summed E-state index contributed by atoms with van der Waals surface area (Å²) in [5.74, 6) is -0.795. The van der Waals surface area contributed by atoms with Crippen molar-refractivity contribution in [1.29, 1.82) is 0 Å². The minimum atomic E-state index is -3.66. The summed E-state index contributed by atoms with van der Waals surface area (Å²) in [4.78, 5) is 0. The summed E-state index contributed by atoms with van der Waals surface area (Å²) in [6.45, 7) is -0.154. The zero-order chi connectivity index (χ0) is 15.5. The van der Waals surface area contributed by atoms with Crippen molar-refractivity contribution in [2.24, 2.45) is 0 Å². The zero-order valence-electron chi connectivity index (χ0n) is 10.9. The normalized spacial score (nSPS) is 11.4. The van der Waals surface area contributed by atoms with Gasteiger partial charge in [-0.3, -0.25) is 4.72 Å². The van der Waals surface area contributed by atoms with Crippen LogP contribution < -0.4 is 4.72 Å². The van der Waals surface area contributed by atoms with Gasteiger partial charge in [0.1, 0.15) is 5.82 Å². The van der Waals surface area contributed by atoms with Gasteiger partial charge in [0.05, 0.1) is 22.5 Å². The first-order valence-corrected chi connectivity index (χ1v) is 8.48. The van der Waals surface area contributed by atoms with E-state index >= 15 is 0 Å². The molecule has 7 heteroatoms. The molecule has 2 aromatic rings. The summed E-state index contributed by atoms with van der Waals surface area (Å²) in [7, 11) is -3.66. The Bertz CT molecular complexity index is 750. The van der Waals surface area contributed by atoms with Gasteiger partial charge in [-0.2, -0.15) is 0 Å². The maximum Gasteiger partial charge on any atom is 0.236 e. The van der Waals surface area contributed by atoms with Crippen molar-refractivity contribution in [2.75, 3.05) is 4.72 Å². The lowest BCUT2D eigenvalue weighted by Crippen LogP contribution is -2.15. The highest BCUT2D eigenvalue weighted by molar-refractivity contribution is 9.10. The Hall–Kier alpha value is -1.44. The molecule has 0 aromatic heterocycles. The average molecular weight is 374 g/mol. The molecule has 4 nitrogen and oxygen atoms in total. The number of anilines is 1. The Morgan fingerprint density at radius 1 is 1.14 bits per heavy atom. The van der Waals surface area contributed by atoms with Gasteiger partial charge in [0.25, 0.3) is 0 Å². The van der Waals surface area contributed by atoms with E-state index in [0.29, 0.717) is 11.1 Å². The van der Waals surface area contributed by atoms with Crippen LogP contribution in [-0.4, -0.2) is 13.5 Å². The summed E-state index contributed by atoms with van der Waals surface area (Å²) in [5.41, 5.74) is 1.35. The molecule has 0 fully saturated rings. The van der Waals surface area contributed by atoms with Gasteiger partial charge in [-0.05, 0) is 45.3 Å². The van der Waals surface area contributed by atoms with Crippen molar-refractivity contribution < 1.29 is 17.9 Å². The summed E-state index contributed by atoms with van der Waals surface area (Å²) in [6.07, 6.45) is 0. The van der Waals surface area contributed by atoms with Crippen molar-refractivity contribution >= 4 is 31.6 Å². The first kappa shape index (κ1) is 15.9. The van der Waals surface area contributed by atoms with Gasteiger partial charge < -0.3 is 5.11 Å². The van der Waals surface area contributed by atoms with Gasteiger partial charge >= 0.3 is 0 Å². The third kappa shape index (κ3) is 4.52. The number of nitrogens with one attached hydrogen (secondary N) is 1. The highest BCUT2D eigenvalue weighted by Crippen LogP contribution is 2.21. The Morgan fingerprint density at radius 3 is 2.52 bits per heavy atom. The number of aliphatic hydroxyl groups is 1. The molecule has 0 spiro atoms. The summed E-state index contributed by atoms with van der Waals surface area (Å²) in [6, 6.07) is 10.6. The lowest BCUT2D eigenvalue weighted by atomic mass is 10.1. The SMILES string of the molecule is O=S(=O)(Cc1cccc(CO)c1)Nc1ccc(Br)c(F)c1. The molecule has 0 saturated carbocycles. The fourth-order valence-corrected chi connectivity index (χ4v) is 3.24. The van der Waals surface area contributed by atoms with Crippen LogP contribution >= 0.6 is 15.9 Å². The first-order chi connectivity index (χ1) is 9.89. The Morgan fingerprint density at radius 2 is 1.86 bits per heavy atom. The molecule has 0 atom stereocenters. The molecule has 0 aliphatic rings. The second-order valence-corrected chi connectivity index (χ2v) is 7.04. The van der Waals surface area contributed by atoms with Crippen molar-refractivity contribution in [2.45, 2.75) is 12.4 Å². The molecule has 2 rings (SSSR count). The van der Waals surface area contributed by atoms with Crippen LogP contribution in [0, 0.1) is 5.82 Å². The van der Waals surface area contributed by atoms with E-state index in [-0.39, 0.29) is 22.5 Å². The number of rotatable bonds is 5. The van der Waals surface area contributed by atoms with Gasteiger partial charge in [0.2, 0.25) is 10.0 Å². The molecular formula is C14H13BrFNO3S. The van der Waals surface area contributed by atoms with E-state index in [4.69, 9.17) is 5.11 Å². The molecule has 0 amide bonds. The van der Waals surface area contributed by atoms with Crippen LogP contribution in [-0.2, 0) is 22.4 Å². The highest BCUT2D eigenvalue weighted by Gasteiger charge is 2.13. The molecule has 2 aromatic carbocycles. The second kappa shape index (κ2) is 6.55. The first-order valence-electron chi connectivity index (χ1n) is 6.04. The van der Waals surface area contributed by atoms with E-state index in [1.54, 1.807) is 24.3 Å². The van der Waals surface area contributed by atoms with Crippen LogP contribution in [0.5, 0.6) is 0 Å². The van der Waals surface area contributed by atoms with Crippen LogP contribution in [0.15, 0.2) is 46.9 Å². The van der Waals surface area contributed by atoms with Gasteiger partial charge in [0, 0.05) is 0 Å². The number of hydrogen-bond acceptors (Lipinski definition) is 3. The fraction of sp³-hybridized carbons (Fsp3) is 0.143. The molecule has 0 heterocycles. The van der Waals surface area contributed by atoms with Crippen molar-refractivity contribution in [1.82, 2.24) is 0 Å². The quantitative estimate of drug-likeness (QED) is 0.846. The molecule has 2 N–H and O–H groups in total. The molecule has 0 unspecified atom stereocenters. The van der Waals surface area contributed by atoms with E-state index < -0.39 is 15.8 Å². The van der Waals surface area contributed by atoms with Gasteiger partial charge in [-0.25, -0.2) is 12.8 Å². The number of halogens is 2. The van der Waals surface area contributed by atoms with Gasteiger partial charge in [0.15, 0.2) is 0 Å². The molecule has 0 saturated heterocycles. The predicted octanol–water partition coefficient (Wildman–Crippen LogP) is 3.02. The fourth-order valence-electron chi connectivity index (χ4n) is 1.81.